The molecule has 2 bridgehead atoms. The van der Waals surface area contributed by atoms with Crippen LogP contribution in [-0.4, -0.2) is 33.5 Å². The second-order valence-electron chi connectivity index (χ2n) is 10.5. The molecule has 2 aliphatic heterocycles. The van der Waals surface area contributed by atoms with Crippen LogP contribution in [0.1, 0.15) is 55.8 Å². The topological polar surface area (TPSA) is 97.4 Å². The standard InChI is InChI=1S/C28H25F3N4O4/c29-21-2-1-3-22(30)24(21)25-20(26(38-33-25)14-4-5-14)13-37-18-10-15-6-7-16(11-18)35(15)17-8-9-19(23(31)12-17)27-32-28(36)39-34-27/h1-3,8-9,12,14-16,18H,4-7,10-11,13H2,(H,32,34,36). The van der Waals surface area contributed by atoms with Crippen LogP contribution in [-0.2, 0) is 11.3 Å². The number of ether oxygens (including phenoxy) is 1. The Morgan fingerprint density at radius 3 is 2.33 bits per heavy atom. The van der Waals surface area contributed by atoms with E-state index in [-0.39, 0.29) is 53.4 Å². The van der Waals surface area contributed by atoms with Crippen molar-refractivity contribution in [1.29, 1.82) is 0 Å². The molecule has 2 aromatic heterocycles. The number of nitrogens with one attached hydrogen (secondary N) is 1. The average Bonchev–Trinajstić information content (AvgIpc) is 3.44. The zero-order valence-electron chi connectivity index (χ0n) is 20.8. The number of rotatable bonds is 7. The molecule has 1 aliphatic carbocycles. The lowest BCUT2D eigenvalue weighted by atomic mass is 9.98. The third-order valence-corrected chi connectivity index (χ3v) is 8.07. The molecule has 1 N–H and O–H groups in total. The summed E-state index contributed by atoms with van der Waals surface area (Å²) in [6.07, 6.45) is 5.22. The number of H-pyrrole nitrogens is 1. The first-order chi connectivity index (χ1) is 19.0. The Balaban J connectivity index is 1.08. The monoisotopic (exact) mass is 538 g/mol. The highest BCUT2D eigenvalue weighted by molar-refractivity contribution is 5.65. The summed E-state index contributed by atoms with van der Waals surface area (Å²) in [5.74, 6) is -1.72. The summed E-state index contributed by atoms with van der Waals surface area (Å²) < 4.78 is 60.5. The largest absolute Gasteiger partial charge is 0.439 e. The van der Waals surface area contributed by atoms with Crippen LogP contribution in [0.25, 0.3) is 22.6 Å². The highest BCUT2D eigenvalue weighted by atomic mass is 19.1. The number of piperidine rings is 1. The molecule has 1 saturated carbocycles. The normalized spacial score (nSPS) is 22.5. The maximum Gasteiger partial charge on any atom is 0.439 e. The molecule has 2 atom stereocenters. The SMILES string of the molecule is O=c1[nH]c(-c2ccc(N3C4CCC3CC(OCc3c(-c5c(F)cccc5F)noc3C3CC3)C4)cc2F)no1. The van der Waals surface area contributed by atoms with E-state index in [1.165, 1.54) is 24.3 Å². The van der Waals surface area contributed by atoms with Gasteiger partial charge in [-0.2, -0.15) is 0 Å². The van der Waals surface area contributed by atoms with E-state index < -0.39 is 23.2 Å². The van der Waals surface area contributed by atoms with Gasteiger partial charge in [-0.15, -0.1) is 0 Å². The van der Waals surface area contributed by atoms with Gasteiger partial charge in [0.15, 0.2) is 5.82 Å². The molecular formula is C28H25F3N4O4. The van der Waals surface area contributed by atoms with Gasteiger partial charge < -0.3 is 14.2 Å². The van der Waals surface area contributed by atoms with Crippen molar-refractivity contribution in [2.24, 2.45) is 0 Å². The van der Waals surface area contributed by atoms with E-state index in [9.17, 15) is 18.0 Å². The van der Waals surface area contributed by atoms with E-state index in [1.807, 2.05) is 6.07 Å². The van der Waals surface area contributed by atoms with Crippen LogP contribution in [0.15, 0.2) is 50.2 Å². The summed E-state index contributed by atoms with van der Waals surface area (Å²) in [5, 5.41) is 7.63. The Bertz CT molecular complexity index is 1560. The summed E-state index contributed by atoms with van der Waals surface area (Å²) in [6.45, 7) is 0.155. The van der Waals surface area contributed by atoms with Crippen molar-refractivity contribution in [3.8, 4) is 22.6 Å². The summed E-state index contributed by atoms with van der Waals surface area (Å²) in [4.78, 5) is 15.9. The molecule has 3 aliphatic rings. The number of aromatic nitrogens is 3. The summed E-state index contributed by atoms with van der Waals surface area (Å²) in [6, 6.07) is 8.96. The van der Waals surface area contributed by atoms with Gasteiger partial charge in [0, 0.05) is 29.3 Å². The quantitative estimate of drug-likeness (QED) is 0.323. The lowest BCUT2D eigenvalue weighted by Gasteiger charge is -2.40. The molecule has 2 unspecified atom stereocenters. The highest BCUT2D eigenvalue weighted by Gasteiger charge is 2.42. The smallest absolute Gasteiger partial charge is 0.373 e. The van der Waals surface area contributed by atoms with Gasteiger partial charge in [-0.25, -0.2) is 18.0 Å². The predicted octanol–water partition coefficient (Wildman–Crippen LogP) is 5.70. The second-order valence-corrected chi connectivity index (χ2v) is 10.5. The lowest BCUT2D eigenvalue weighted by Crippen LogP contribution is -2.45. The van der Waals surface area contributed by atoms with E-state index in [4.69, 9.17) is 9.26 Å². The number of nitrogens with zero attached hydrogens (tertiary/aromatic N) is 3. The van der Waals surface area contributed by atoms with Crippen molar-refractivity contribution < 1.29 is 27.0 Å². The van der Waals surface area contributed by atoms with Crippen LogP contribution in [0.3, 0.4) is 0 Å². The Morgan fingerprint density at radius 1 is 0.949 bits per heavy atom. The molecule has 0 radical (unpaired) electrons. The van der Waals surface area contributed by atoms with E-state index in [2.05, 4.69) is 24.7 Å². The number of hydrogen-bond donors (Lipinski definition) is 1. The van der Waals surface area contributed by atoms with Gasteiger partial charge in [-0.3, -0.25) is 9.51 Å². The molecule has 4 heterocycles. The van der Waals surface area contributed by atoms with Gasteiger partial charge in [0.25, 0.3) is 0 Å². The van der Waals surface area contributed by atoms with Crippen LogP contribution in [0.4, 0.5) is 18.9 Å². The predicted molar refractivity (Wildman–Crippen MR) is 133 cm³/mol. The summed E-state index contributed by atoms with van der Waals surface area (Å²) >= 11 is 0. The molecule has 3 fully saturated rings. The Labute approximate surface area is 220 Å². The van der Waals surface area contributed by atoms with Crippen molar-refractivity contribution in [3.05, 3.63) is 75.7 Å². The third kappa shape index (κ3) is 4.34. The minimum Gasteiger partial charge on any atom is -0.373 e. The first kappa shape index (κ1) is 24.2. The van der Waals surface area contributed by atoms with Crippen molar-refractivity contribution >= 4 is 5.69 Å². The average molecular weight is 539 g/mol. The van der Waals surface area contributed by atoms with Crippen LogP contribution < -0.4 is 10.7 Å². The number of halogens is 3. The Hall–Kier alpha value is -3.86. The number of hydrogen-bond acceptors (Lipinski definition) is 7. The molecule has 0 amide bonds. The number of fused-ring (bicyclic) bond motifs is 2. The van der Waals surface area contributed by atoms with Crippen LogP contribution in [0, 0.1) is 17.5 Å². The van der Waals surface area contributed by atoms with Crippen LogP contribution in [0.5, 0.6) is 0 Å². The van der Waals surface area contributed by atoms with E-state index in [1.54, 1.807) is 6.07 Å². The van der Waals surface area contributed by atoms with Gasteiger partial charge in [0.1, 0.15) is 28.9 Å². The van der Waals surface area contributed by atoms with E-state index in [0.717, 1.165) is 44.2 Å². The fourth-order valence-electron chi connectivity index (χ4n) is 6.14. The third-order valence-electron chi connectivity index (χ3n) is 8.07. The Morgan fingerprint density at radius 2 is 1.69 bits per heavy atom. The van der Waals surface area contributed by atoms with Crippen LogP contribution in [0.2, 0.25) is 0 Å². The molecule has 7 rings (SSSR count). The Kier molecular flexibility index (Phi) is 5.84. The fourth-order valence-corrected chi connectivity index (χ4v) is 6.14. The molecule has 4 aromatic rings. The maximum absolute atomic E-state index is 14.9. The zero-order chi connectivity index (χ0) is 26.7. The first-order valence-electron chi connectivity index (χ1n) is 13.1. The lowest BCUT2D eigenvalue weighted by molar-refractivity contribution is 0.0147. The van der Waals surface area contributed by atoms with E-state index >= 15 is 0 Å². The summed E-state index contributed by atoms with van der Waals surface area (Å²) in [7, 11) is 0. The minimum atomic E-state index is -0.741. The van der Waals surface area contributed by atoms with E-state index in [0.29, 0.717) is 11.3 Å². The van der Waals surface area contributed by atoms with Crippen molar-refractivity contribution in [2.45, 2.75) is 69.2 Å². The van der Waals surface area contributed by atoms with Crippen molar-refractivity contribution in [3.63, 3.8) is 0 Å². The molecule has 0 spiro atoms. The molecule has 202 valence electrons. The summed E-state index contributed by atoms with van der Waals surface area (Å²) in [5.41, 5.74) is 1.51. The number of benzene rings is 2. The molecular weight excluding hydrogens is 513 g/mol. The van der Waals surface area contributed by atoms with Gasteiger partial charge in [-0.1, -0.05) is 16.4 Å². The molecule has 2 aromatic carbocycles. The molecule has 39 heavy (non-hydrogen) atoms. The number of aromatic amines is 1. The van der Waals surface area contributed by atoms with Crippen molar-refractivity contribution in [1.82, 2.24) is 15.3 Å². The highest BCUT2D eigenvalue weighted by Crippen LogP contribution is 2.46. The number of anilines is 1. The van der Waals surface area contributed by atoms with Crippen LogP contribution >= 0.6 is 0 Å². The van der Waals surface area contributed by atoms with Gasteiger partial charge >= 0.3 is 5.76 Å². The maximum atomic E-state index is 14.9. The van der Waals surface area contributed by atoms with Gasteiger partial charge in [0.2, 0.25) is 0 Å². The minimum absolute atomic E-state index is 0.0491. The van der Waals surface area contributed by atoms with Gasteiger partial charge in [-0.05, 0) is 68.9 Å². The fraction of sp³-hybridized carbons (Fsp3) is 0.393. The molecule has 8 nitrogen and oxygen atoms in total. The second kappa shape index (κ2) is 9.41. The molecule has 2 saturated heterocycles. The molecule has 11 heteroatoms. The first-order valence-corrected chi connectivity index (χ1v) is 13.1. The van der Waals surface area contributed by atoms with Gasteiger partial charge in [0.05, 0.1) is 23.8 Å². The van der Waals surface area contributed by atoms with Crippen molar-refractivity contribution in [2.75, 3.05) is 4.90 Å². The zero-order valence-corrected chi connectivity index (χ0v) is 20.8.